The van der Waals surface area contributed by atoms with Crippen LogP contribution >= 0.6 is 0 Å². The summed E-state index contributed by atoms with van der Waals surface area (Å²) in [6.45, 7) is 2.08. The van der Waals surface area contributed by atoms with Crippen LogP contribution in [0.4, 0.5) is 0 Å². The highest BCUT2D eigenvalue weighted by atomic mass is 15.0. The minimum atomic E-state index is 0.973. The lowest BCUT2D eigenvalue weighted by Crippen LogP contribution is -1.86. The first-order valence-corrected chi connectivity index (χ1v) is 6.58. The molecule has 98 valence electrons. The van der Waals surface area contributed by atoms with Gasteiger partial charge in [-0.25, -0.2) is 9.97 Å². The van der Waals surface area contributed by atoms with Crippen molar-refractivity contribution in [3.8, 4) is 11.3 Å². The van der Waals surface area contributed by atoms with Gasteiger partial charge in [0.1, 0.15) is 5.65 Å². The first kappa shape index (κ1) is 11.2. The zero-order valence-corrected chi connectivity index (χ0v) is 11.4. The van der Waals surface area contributed by atoms with E-state index in [1.165, 1.54) is 5.69 Å². The second-order valence-corrected chi connectivity index (χ2v) is 5.08. The molecule has 0 amide bonds. The molecule has 0 aliphatic heterocycles. The predicted molar refractivity (Wildman–Crippen MR) is 79.6 cm³/mol. The standard InChI is InChI=1S/C16H14N4/c1-11-4-3-5-16-18-14(9-20(11)16)12-6-7-15-13(8-12)17-10-19(15)2/h3-10H,1-2H3. The van der Waals surface area contributed by atoms with Gasteiger partial charge in [-0.2, -0.15) is 0 Å². The molecule has 1 aromatic carbocycles. The fraction of sp³-hybridized carbons (Fsp3) is 0.125. The third-order valence-corrected chi connectivity index (χ3v) is 3.72. The van der Waals surface area contributed by atoms with E-state index in [1.54, 1.807) is 0 Å². The number of nitrogens with zero attached hydrogens (tertiary/aromatic N) is 4. The average Bonchev–Trinajstić information content (AvgIpc) is 3.04. The van der Waals surface area contributed by atoms with E-state index in [0.29, 0.717) is 0 Å². The molecule has 4 rings (SSSR count). The lowest BCUT2D eigenvalue weighted by Gasteiger charge is -1.98. The van der Waals surface area contributed by atoms with Gasteiger partial charge in [0.2, 0.25) is 0 Å². The Morgan fingerprint density at radius 3 is 2.85 bits per heavy atom. The van der Waals surface area contributed by atoms with Crippen LogP contribution in [0.5, 0.6) is 0 Å². The van der Waals surface area contributed by atoms with E-state index in [-0.39, 0.29) is 0 Å². The van der Waals surface area contributed by atoms with Crippen molar-refractivity contribution in [3.63, 3.8) is 0 Å². The molecule has 3 aromatic heterocycles. The third-order valence-electron chi connectivity index (χ3n) is 3.72. The summed E-state index contributed by atoms with van der Waals surface area (Å²) in [7, 11) is 2.00. The summed E-state index contributed by atoms with van der Waals surface area (Å²) in [5.74, 6) is 0. The minimum absolute atomic E-state index is 0.973. The number of rotatable bonds is 1. The maximum Gasteiger partial charge on any atom is 0.137 e. The number of aryl methyl sites for hydroxylation is 2. The van der Waals surface area contributed by atoms with Gasteiger partial charge in [-0.1, -0.05) is 12.1 Å². The molecule has 4 aromatic rings. The second kappa shape index (κ2) is 3.93. The maximum atomic E-state index is 4.69. The zero-order chi connectivity index (χ0) is 13.7. The van der Waals surface area contributed by atoms with Gasteiger partial charge in [-0.15, -0.1) is 0 Å². The van der Waals surface area contributed by atoms with Crippen LogP contribution in [0.3, 0.4) is 0 Å². The highest BCUT2D eigenvalue weighted by molar-refractivity contribution is 5.81. The van der Waals surface area contributed by atoms with Gasteiger partial charge in [0.25, 0.3) is 0 Å². The van der Waals surface area contributed by atoms with Crippen molar-refractivity contribution in [2.75, 3.05) is 0 Å². The zero-order valence-electron chi connectivity index (χ0n) is 11.4. The van der Waals surface area contributed by atoms with Crippen LogP contribution in [0.15, 0.2) is 48.9 Å². The molecule has 0 aliphatic carbocycles. The Morgan fingerprint density at radius 1 is 1.10 bits per heavy atom. The van der Waals surface area contributed by atoms with E-state index < -0.39 is 0 Å². The molecule has 0 spiro atoms. The summed E-state index contributed by atoms with van der Waals surface area (Å²) in [4.78, 5) is 9.09. The molecule has 20 heavy (non-hydrogen) atoms. The summed E-state index contributed by atoms with van der Waals surface area (Å²) < 4.78 is 4.13. The molecule has 0 N–H and O–H groups in total. The summed E-state index contributed by atoms with van der Waals surface area (Å²) in [6.07, 6.45) is 3.91. The monoisotopic (exact) mass is 262 g/mol. The molecule has 0 atom stereocenters. The van der Waals surface area contributed by atoms with Crippen molar-refractivity contribution >= 4 is 16.7 Å². The van der Waals surface area contributed by atoms with E-state index in [9.17, 15) is 0 Å². The highest BCUT2D eigenvalue weighted by Gasteiger charge is 2.07. The topological polar surface area (TPSA) is 35.1 Å². The van der Waals surface area contributed by atoms with Crippen LogP contribution in [0.25, 0.3) is 27.9 Å². The lowest BCUT2D eigenvalue weighted by molar-refractivity contribution is 0.948. The summed E-state index contributed by atoms with van der Waals surface area (Å²) >= 11 is 0. The van der Waals surface area contributed by atoms with Gasteiger partial charge >= 0.3 is 0 Å². The molecule has 0 bridgehead atoms. The van der Waals surface area contributed by atoms with Crippen LogP contribution in [-0.2, 0) is 7.05 Å². The number of hydrogen-bond donors (Lipinski definition) is 0. The van der Waals surface area contributed by atoms with Gasteiger partial charge in [0.15, 0.2) is 0 Å². The molecular weight excluding hydrogens is 248 g/mol. The van der Waals surface area contributed by atoms with Crippen molar-refractivity contribution in [1.29, 1.82) is 0 Å². The normalized spacial score (nSPS) is 11.5. The third kappa shape index (κ3) is 1.54. The average molecular weight is 262 g/mol. The highest BCUT2D eigenvalue weighted by Crippen LogP contribution is 2.23. The van der Waals surface area contributed by atoms with Crippen molar-refractivity contribution in [2.24, 2.45) is 7.05 Å². The van der Waals surface area contributed by atoms with Crippen LogP contribution in [0.2, 0.25) is 0 Å². The van der Waals surface area contributed by atoms with Crippen molar-refractivity contribution < 1.29 is 0 Å². The number of fused-ring (bicyclic) bond motifs is 2. The first-order chi connectivity index (χ1) is 9.72. The summed E-state index contributed by atoms with van der Waals surface area (Å²) in [6, 6.07) is 12.4. The Kier molecular flexibility index (Phi) is 2.21. The van der Waals surface area contributed by atoms with Crippen molar-refractivity contribution in [2.45, 2.75) is 6.92 Å². The minimum Gasteiger partial charge on any atom is -0.334 e. The van der Waals surface area contributed by atoms with Gasteiger partial charge < -0.3 is 8.97 Å². The number of hydrogen-bond acceptors (Lipinski definition) is 2. The molecule has 3 heterocycles. The smallest absolute Gasteiger partial charge is 0.137 e. The Labute approximate surface area is 116 Å². The Morgan fingerprint density at radius 2 is 2.00 bits per heavy atom. The number of pyridine rings is 1. The van der Waals surface area contributed by atoms with E-state index in [2.05, 4.69) is 51.8 Å². The maximum absolute atomic E-state index is 4.69. The van der Waals surface area contributed by atoms with Gasteiger partial charge in [0, 0.05) is 24.5 Å². The lowest BCUT2D eigenvalue weighted by atomic mass is 10.1. The molecular formula is C16H14N4. The first-order valence-electron chi connectivity index (χ1n) is 6.58. The molecule has 4 nitrogen and oxygen atoms in total. The molecule has 0 aliphatic rings. The number of benzene rings is 1. The van der Waals surface area contributed by atoms with Crippen molar-refractivity contribution in [1.82, 2.24) is 18.9 Å². The van der Waals surface area contributed by atoms with E-state index in [0.717, 1.165) is 27.9 Å². The fourth-order valence-corrected chi connectivity index (χ4v) is 2.58. The van der Waals surface area contributed by atoms with Crippen LogP contribution in [0, 0.1) is 6.92 Å². The Balaban J connectivity index is 1.93. The molecule has 0 radical (unpaired) electrons. The Bertz CT molecular complexity index is 930. The van der Waals surface area contributed by atoms with E-state index >= 15 is 0 Å². The van der Waals surface area contributed by atoms with E-state index in [1.807, 2.05) is 30.1 Å². The van der Waals surface area contributed by atoms with Crippen LogP contribution in [-0.4, -0.2) is 18.9 Å². The summed E-state index contributed by atoms with van der Waals surface area (Å²) in [5, 5.41) is 0. The largest absolute Gasteiger partial charge is 0.334 e. The molecule has 0 unspecified atom stereocenters. The second-order valence-electron chi connectivity index (χ2n) is 5.08. The number of aromatic nitrogens is 4. The molecule has 0 saturated carbocycles. The van der Waals surface area contributed by atoms with Gasteiger partial charge in [0.05, 0.1) is 23.1 Å². The van der Waals surface area contributed by atoms with Crippen molar-refractivity contribution in [3.05, 3.63) is 54.6 Å². The predicted octanol–water partition coefficient (Wildman–Crippen LogP) is 3.20. The SMILES string of the molecule is Cc1cccc2nc(-c3ccc4c(c3)ncn4C)cn12. The Hall–Kier alpha value is -2.62. The quantitative estimate of drug-likeness (QED) is 0.528. The van der Waals surface area contributed by atoms with Gasteiger partial charge in [-0.3, -0.25) is 0 Å². The molecule has 0 saturated heterocycles. The van der Waals surface area contributed by atoms with Gasteiger partial charge in [-0.05, 0) is 31.2 Å². The van der Waals surface area contributed by atoms with E-state index in [4.69, 9.17) is 0 Å². The van der Waals surface area contributed by atoms with Crippen LogP contribution in [0.1, 0.15) is 5.69 Å². The molecule has 0 fully saturated rings. The number of imidazole rings is 2. The fourth-order valence-electron chi connectivity index (χ4n) is 2.58. The van der Waals surface area contributed by atoms with Crippen LogP contribution < -0.4 is 0 Å². The molecule has 4 heteroatoms. The summed E-state index contributed by atoms with van der Waals surface area (Å²) in [5.41, 5.74) is 6.36.